The van der Waals surface area contributed by atoms with Crippen LogP contribution in [-0.2, 0) is 6.54 Å². The molecule has 0 spiro atoms. The van der Waals surface area contributed by atoms with Crippen molar-refractivity contribution in [1.82, 2.24) is 15.3 Å². The van der Waals surface area contributed by atoms with Crippen LogP contribution < -0.4 is 11.1 Å². The fraction of sp³-hybridized carbons (Fsp3) is 0.444. The smallest absolute Gasteiger partial charge is 0.140 e. The molecule has 4 N–H and O–H groups in total. The van der Waals surface area contributed by atoms with Crippen molar-refractivity contribution >= 4 is 5.84 Å². The summed E-state index contributed by atoms with van der Waals surface area (Å²) in [6.07, 6.45) is 3.70. The van der Waals surface area contributed by atoms with Gasteiger partial charge in [0.05, 0.1) is 5.69 Å². The van der Waals surface area contributed by atoms with E-state index in [1.54, 1.807) is 6.20 Å². The molecule has 0 aromatic carbocycles. The number of amidine groups is 1. The third-order valence-electron chi connectivity index (χ3n) is 1.92. The second-order valence-corrected chi connectivity index (χ2v) is 3.28. The van der Waals surface area contributed by atoms with E-state index in [0.717, 1.165) is 5.69 Å². The van der Waals surface area contributed by atoms with E-state index in [1.165, 1.54) is 6.33 Å². The first-order valence-corrected chi connectivity index (χ1v) is 4.67. The highest BCUT2D eigenvalue weighted by molar-refractivity contribution is 5.80. The van der Waals surface area contributed by atoms with Gasteiger partial charge in [0.25, 0.3) is 0 Å². The van der Waals surface area contributed by atoms with Gasteiger partial charge >= 0.3 is 0 Å². The van der Waals surface area contributed by atoms with Gasteiger partial charge in [-0.3, -0.25) is 0 Å². The SMILES string of the molecule is CC(C/C(N)=N/O)NCc1ccncn1. The number of oxime groups is 1. The zero-order chi connectivity index (χ0) is 11.1. The van der Waals surface area contributed by atoms with Crippen molar-refractivity contribution < 1.29 is 5.21 Å². The maximum atomic E-state index is 8.38. The standard InChI is InChI=1S/C9H15N5O/c1-7(4-9(10)14-15)12-5-8-2-3-11-6-13-8/h2-3,6-7,12,15H,4-5H2,1H3,(H2,10,14). The molecule has 0 amide bonds. The minimum absolute atomic E-state index is 0.135. The van der Waals surface area contributed by atoms with Gasteiger partial charge in [0, 0.05) is 25.2 Å². The number of rotatable bonds is 5. The Bertz CT molecular complexity index is 314. The summed E-state index contributed by atoms with van der Waals surface area (Å²) in [4.78, 5) is 7.89. The van der Waals surface area contributed by atoms with Gasteiger partial charge in [0.1, 0.15) is 12.2 Å². The molecule has 0 saturated heterocycles. The van der Waals surface area contributed by atoms with Crippen LogP contribution in [0.15, 0.2) is 23.7 Å². The predicted molar refractivity (Wildman–Crippen MR) is 56.4 cm³/mol. The summed E-state index contributed by atoms with van der Waals surface area (Å²) in [6.45, 7) is 2.60. The number of nitrogens with one attached hydrogen (secondary N) is 1. The lowest BCUT2D eigenvalue weighted by molar-refractivity contribution is 0.315. The van der Waals surface area contributed by atoms with E-state index < -0.39 is 0 Å². The van der Waals surface area contributed by atoms with E-state index in [4.69, 9.17) is 10.9 Å². The maximum Gasteiger partial charge on any atom is 0.140 e. The average molecular weight is 209 g/mol. The minimum Gasteiger partial charge on any atom is -0.409 e. The molecule has 1 rings (SSSR count). The Labute approximate surface area is 88.2 Å². The Morgan fingerprint density at radius 2 is 2.53 bits per heavy atom. The van der Waals surface area contributed by atoms with Crippen LogP contribution in [0.2, 0.25) is 0 Å². The highest BCUT2D eigenvalue weighted by Gasteiger charge is 2.04. The summed E-state index contributed by atoms with van der Waals surface area (Å²) in [6, 6.07) is 1.97. The van der Waals surface area contributed by atoms with Gasteiger partial charge in [-0.05, 0) is 13.0 Å². The van der Waals surface area contributed by atoms with Gasteiger partial charge in [-0.25, -0.2) is 9.97 Å². The van der Waals surface area contributed by atoms with Gasteiger partial charge in [-0.15, -0.1) is 0 Å². The molecule has 0 fully saturated rings. The molecule has 15 heavy (non-hydrogen) atoms. The zero-order valence-electron chi connectivity index (χ0n) is 8.59. The molecule has 0 radical (unpaired) electrons. The van der Waals surface area contributed by atoms with Crippen molar-refractivity contribution in [2.45, 2.75) is 25.9 Å². The van der Waals surface area contributed by atoms with Crippen LogP contribution in [-0.4, -0.2) is 27.1 Å². The monoisotopic (exact) mass is 209 g/mol. The van der Waals surface area contributed by atoms with Crippen LogP contribution in [0.5, 0.6) is 0 Å². The summed E-state index contributed by atoms with van der Waals surface area (Å²) in [5, 5.41) is 14.5. The summed E-state index contributed by atoms with van der Waals surface area (Å²) in [5.74, 6) is 0.220. The van der Waals surface area contributed by atoms with Gasteiger partial charge < -0.3 is 16.3 Å². The predicted octanol–water partition coefficient (Wildman–Crippen LogP) is 0.0912. The zero-order valence-corrected chi connectivity index (χ0v) is 8.59. The summed E-state index contributed by atoms with van der Waals surface area (Å²) >= 11 is 0. The topological polar surface area (TPSA) is 96.4 Å². The Kier molecular flexibility index (Phi) is 4.49. The molecule has 82 valence electrons. The summed E-state index contributed by atoms with van der Waals surface area (Å²) < 4.78 is 0. The highest BCUT2D eigenvalue weighted by atomic mass is 16.4. The maximum absolute atomic E-state index is 8.38. The Hall–Kier alpha value is -1.69. The molecule has 1 heterocycles. The average Bonchev–Trinajstić information content (AvgIpc) is 2.27. The normalized spacial score (nSPS) is 13.8. The van der Waals surface area contributed by atoms with Crippen LogP contribution >= 0.6 is 0 Å². The number of aromatic nitrogens is 2. The fourth-order valence-electron chi connectivity index (χ4n) is 1.13. The first-order valence-electron chi connectivity index (χ1n) is 4.67. The third kappa shape index (κ3) is 4.37. The number of hydrogen-bond acceptors (Lipinski definition) is 5. The Morgan fingerprint density at radius 3 is 3.13 bits per heavy atom. The lowest BCUT2D eigenvalue weighted by atomic mass is 10.2. The lowest BCUT2D eigenvalue weighted by Gasteiger charge is -2.11. The molecule has 6 nitrogen and oxygen atoms in total. The molecule has 6 heteroatoms. The molecule has 1 unspecified atom stereocenters. The van der Waals surface area contributed by atoms with Crippen molar-refractivity contribution in [2.75, 3.05) is 0 Å². The van der Waals surface area contributed by atoms with Crippen LogP contribution in [0.4, 0.5) is 0 Å². The Balaban J connectivity index is 2.31. The highest BCUT2D eigenvalue weighted by Crippen LogP contribution is 1.95. The minimum atomic E-state index is 0.135. The van der Waals surface area contributed by atoms with Crippen LogP contribution in [0.3, 0.4) is 0 Å². The second kappa shape index (κ2) is 5.92. The van der Waals surface area contributed by atoms with E-state index in [1.807, 2.05) is 13.0 Å². The molecule has 0 bridgehead atoms. The van der Waals surface area contributed by atoms with Crippen molar-refractivity contribution in [1.29, 1.82) is 0 Å². The van der Waals surface area contributed by atoms with E-state index in [9.17, 15) is 0 Å². The molecule has 0 saturated carbocycles. The summed E-state index contributed by atoms with van der Waals surface area (Å²) in [5.41, 5.74) is 6.29. The van der Waals surface area contributed by atoms with Crippen LogP contribution in [0.1, 0.15) is 19.0 Å². The van der Waals surface area contributed by atoms with Crippen LogP contribution in [0, 0.1) is 0 Å². The quantitative estimate of drug-likeness (QED) is 0.276. The first kappa shape index (κ1) is 11.4. The van der Waals surface area contributed by atoms with E-state index in [0.29, 0.717) is 13.0 Å². The molecular formula is C9H15N5O. The lowest BCUT2D eigenvalue weighted by Crippen LogP contribution is -2.30. The molecule has 1 aromatic rings. The molecule has 1 aromatic heterocycles. The van der Waals surface area contributed by atoms with Crippen molar-refractivity contribution in [3.05, 3.63) is 24.3 Å². The number of nitrogens with zero attached hydrogens (tertiary/aromatic N) is 3. The fourth-order valence-corrected chi connectivity index (χ4v) is 1.13. The summed E-state index contributed by atoms with van der Waals surface area (Å²) in [7, 11) is 0. The molecular weight excluding hydrogens is 194 g/mol. The van der Waals surface area contributed by atoms with Gasteiger partial charge in [-0.1, -0.05) is 5.16 Å². The third-order valence-corrected chi connectivity index (χ3v) is 1.92. The second-order valence-electron chi connectivity index (χ2n) is 3.28. The van der Waals surface area contributed by atoms with Crippen molar-refractivity contribution in [3.8, 4) is 0 Å². The van der Waals surface area contributed by atoms with Gasteiger partial charge in [0.15, 0.2) is 0 Å². The van der Waals surface area contributed by atoms with Crippen molar-refractivity contribution in [2.24, 2.45) is 10.9 Å². The largest absolute Gasteiger partial charge is 0.409 e. The number of hydrogen-bond donors (Lipinski definition) is 3. The first-order chi connectivity index (χ1) is 7.22. The van der Waals surface area contributed by atoms with Gasteiger partial charge in [0.2, 0.25) is 0 Å². The van der Waals surface area contributed by atoms with E-state index in [-0.39, 0.29) is 11.9 Å². The van der Waals surface area contributed by atoms with E-state index >= 15 is 0 Å². The Morgan fingerprint density at radius 1 is 1.73 bits per heavy atom. The van der Waals surface area contributed by atoms with Crippen molar-refractivity contribution in [3.63, 3.8) is 0 Å². The molecule has 0 aliphatic carbocycles. The molecule has 1 atom stereocenters. The molecule has 0 aliphatic rings. The van der Waals surface area contributed by atoms with Gasteiger partial charge in [-0.2, -0.15) is 0 Å². The molecule has 0 aliphatic heterocycles. The van der Waals surface area contributed by atoms with Crippen LogP contribution in [0.25, 0.3) is 0 Å². The van der Waals surface area contributed by atoms with E-state index in [2.05, 4.69) is 20.4 Å². The number of nitrogens with two attached hydrogens (primary N) is 1.